The van der Waals surface area contributed by atoms with E-state index in [4.69, 9.17) is 23.8 Å². The fourth-order valence-corrected chi connectivity index (χ4v) is 2.29. The van der Waals surface area contributed by atoms with Crippen LogP contribution in [0.1, 0.15) is 0 Å². The SMILES string of the molecule is Fc1c(F)c(NC(=S)Nc2ccccc2Cl)c(F)c(F)c1Br. The second-order valence-corrected chi connectivity index (χ2v) is 5.61. The largest absolute Gasteiger partial charge is 0.331 e. The predicted octanol–water partition coefficient (Wildman–Crippen LogP) is 5.47. The molecule has 2 aromatic carbocycles. The Kier molecular flexibility index (Phi) is 5.25. The Bertz CT molecular complexity index is 728. The van der Waals surface area contributed by atoms with Crippen molar-refractivity contribution in [2.45, 2.75) is 0 Å². The minimum atomic E-state index is -1.60. The summed E-state index contributed by atoms with van der Waals surface area (Å²) in [5.41, 5.74) is -0.678. The summed E-state index contributed by atoms with van der Waals surface area (Å²) in [6.45, 7) is 0. The van der Waals surface area contributed by atoms with Gasteiger partial charge in [0.05, 0.1) is 15.2 Å². The number of hydrogen-bond donors (Lipinski definition) is 2. The van der Waals surface area contributed by atoms with Crippen molar-refractivity contribution in [1.29, 1.82) is 0 Å². The summed E-state index contributed by atoms with van der Waals surface area (Å²) in [5.74, 6) is -6.34. The van der Waals surface area contributed by atoms with Crippen molar-refractivity contribution >= 4 is 56.2 Å². The molecule has 0 unspecified atom stereocenters. The summed E-state index contributed by atoms with van der Waals surface area (Å²) in [6.07, 6.45) is 0. The van der Waals surface area contributed by atoms with E-state index in [1.54, 1.807) is 24.3 Å². The van der Waals surface area contributed by atoms with Gasteiger partial charge in [-0.3, -0.25) is 0 Å². The third kappa shape index (κ3) is 3.34. The fraction of sp³-hybridized carbons (Fsp3) is 0. The van der Waals surface area contributed by atoms with E-state index < -0.39 is 33.4 Å². The zero-order valence-corrected chi connectivity index (χ0v) is 13.6. The molecular weight excluding hydrogens is 408 g/mol. The molecule has 2 aromatic rings. The average Bonchev–Trinajstić information content (AvgIpc) is 2.50. The van der Waals surface area contributed by atoms with Crippen molar-refractivity contribution < 1.29 is 17.6 Å². The molecule has 22 heavy (non-hydrogen) atoms. The van der Waals surface area contributed by atoms with Gasteiger partial charge < -0.3 is 10.6 Å². The molecule has 0 saturated heterocycles. The molecule has 0 bridgehead atoms. The number of nitrogens with one attached hydrogen (secondary N) is 2. The topological polar surface area (TPSA) is 24.1 Å². The van der Waals surface area contributed by atoms with Crippen LogP contribution >= 0.6 is 39.7 Å². The lowest BCUT2D eigenvalue weighted by molar-refractivity contribution is 0.452. The third-order valence-electron chi connectivity index (χ3n) is 2.57. The van der Waals surface area contributed by atoms with Crippen LogP contribution in [0.25, 0.3) is 0 Å². The zero-order chi connectivity index (χ0) is 16.4. The Labute approximate surface area is 141 Å². The second kappa shape index (κ2) is 6.80. The van der Waals surface area contributed by atoms with E-state index in [1.807, 2.05) is 0 Å². The highest BCUT2D eigenvalue weighted by Gasteiger charge is 2.24. The minimum absolute atomic E-state index is 0.285. The van der Waals surface area contributed by atoms with Gasteiger partial charge in [0.1, 0.15) is 5.69 Å². The summed E-state index contributed by atoms with van der Waals surface area (Å²) in [7, 11) is 0. The predicted molar refractivity (Wildman–Crippen MR) is 85.3 cm³/mol. The Hall–Kier alpha value is -1.38. The van der Waals surface area contributed by atoms with Crippen LogP contribution < -0.4 is 10.6 Å². The molecule has 0 aromatic heterocycles. The maximum Gasteiger partial charge on any atom is 0.186 e. The van der Waals surface area contributed by atoms with Crippen molar-refractivity contribution in [3.05, 3.63) is 57.0 Å². The number of para-hydroxylation sites is 1. The van der Waals surface area contributed by atoms with E-state index in [1.165, 1.54) is 0 Å². The molecule has 0 heterocycles. The summed E-state index contributed by atoms with van der Waals surface area (Å²) >= 11 is 13.1. The van der Waals surface area contributed by atoms with E-state index in [-0.39, 0.29) is 5.11 Å². The molecule has 9 heteroatoms. The minimum Gasteiger partial charge on any atom is -0.331 e. The molecule has 0 fully saturated rings. The first-order valence-corrected chi connectivity index (χ1v) is 7.24. The quantitative estimate of drug-likeness (QED) is 0.296. The van der Waals surface area contributed by atoms with Gasteiger partial charge in [-0.05, 0) is 40.3 Å². The van der Waals surface area contributed by atoms with Crippen LogP contribution in [0.15, 0.2) is 28.7 Å². The summed E-state index contributed by atoms with van der Waals surface area (Å²) in [6, 6.07) is 6.44. The molecule has 0 atom stereocenters. The maximum atomic E-state index is 13.7. The van der Waals surface area contributed by atoms with E-state index in [0.29, 0.717) is 10.7 Å². The number of benzene rings is 2. The van der Waals surface area contributed by atoms with Gasteiger partial charge in [0, 0.05) is 0 Å². The number of anilines is 2. The Balaban J connectivity index is 2.28. The molecule has 2 nitrogen and oxygen atoms in total. The summed E-state index contributed by atoms with van der Waals surface area (Å²) < 4.78 is 53.3. The fourth-order valence-electron chi connectivity index (χ4n) is 1.54. The van der Waals surface area contributed by atoms with Crippen LogP contribution in [0, 0.1) is 23.3 Å². The lowest BCUT2D eigenvalue weighted by Gasteiger charge is -2.14. The molecule has 0 aliphatic carbocycles. The van der Waals surface area contributed by atoms with Gasteiger partial charge in [-0.25, -0.2) is 17.6 Å². The standard InChI is InChI=1S/C13H6BrClF4N2S/c14-7-8(16)10(18)12(11(19)9(7)17)21-13(22)20-6-4-2-1-3-5(6)15/h1-4H,(H2,20,21,22). The monoisotopic (exact) mass is 412 g/mol. The van der Waals surface area contributed by atoms with Gasteiger partial charge in [0.15, 0.2) is 28.4 Å². The molecule has 0 spiro atoms. The van der Waals surface area contributed by atoms with Crippen molar-refractivity contribution in [3.63, 3.8) is 0 Å². The van der Waals surface area contributed by atoms with Crippen LogP contribution in [-0.2, 0) is 0 Å². The van der Waals surface area contributed by atoms with Gasteiger partial charge in [0.2, 0.25) is 0 Å². The van der Waals surface area contributed by atoms with Crippen LogP contribution in [0.2, 0.25) is 5.02 Å². The highest BCUT2D eigenvalue weighted by molar-refractivity contribution is 9.10. The molecule has 0 saturated carbocycles. The average molecular weight is 414 g/mol. The van der Waals surface area contributed by atoms with Crippen molar-refractivity contribution in [2.75, 3.05) is 10.6 Å². The Morgan fingerprint density at radius 1 is 0.955 bits per heavy atom. The van der Waals surface area contributed by atoms with Crippen LogP contribution in [0.4, 0.5) is 28.9 Å². The van der Waals surface area contributed by atoms with E-state index in [0.717, 1.165) is 0 Å². The van der Waals surface area contributed by atoms with Crippen LogP contribution in [-0.4, -0.2) is 5.11 Å². The number of hydrogen-bond acceptors (Lipinski definition) is 1. The Morgan fingerprint density at radius 2 is 1.50 bits per heavy atom. The highest BCUT2D eigenvalue weighted by Crippen LogP contribution is 2.31. The number of rotatable bonds is 2. The van der Waals surface area contributed by atoms with Gasteiger partial charge in [-0.1, -0.05) is 23.7 Å². The smallest absolute Gasteiger partial charge is 0.186 e. The van der Waals surface area contributed by atoms with Crippen molar-refractivity contribution in [2.24, 2.45) is 0 Å². The lowest BCUT2D eigenvalue weighted by atomic mass is 10.2. The molecule has 0 amide bonds. The summed E-state index contributed by atoms with van der Waals surface area (Å²) in [5, 5.41) is 4.66. The first kappa shape index (κ1) is 17.0. The molecule has 2 N–H and O–H groups in total. The van der Waals surface area contributed by atoms with Gasteiger partial charge in [-0.2, -0.15) is 0 Å². The highest BCUT2D eigenvalue weighted by atomic mass is 79.9. The lowest BCUT2D eigenvalue weighted by Crippen LogP contribution is -2.21. The third-order valence-corrected chi connectivity index (χ3v) is 3.80. The molecule has 2 rings (SSSR count). The second-order valence-electron chi connectivity index (χ2n) is 4.00. The molecule has 0 aliphatic rings. The zero-order valence-electron chi connectivity index (χ0n) is 10.5. The molecular formula is C13H6BrClF4N2S. The maximum absolute atomic E-state index is 13.7. The summed E-state index contributed by atoms with van der Waals surface area (Å²) in [4.78, 5) is 0. The normalized spacial score (nSPS) is 10.5. The van der Waals surface area contributed by atoms with Crippen LogP contribution in [0.3, 0.4) is 0 Å². The first-order chi connectivity index (χ1) is 10.3. The number of thiocarbonyl (C=S) groups is 1. The van der Waals surface area contributed by atoms with Crippen LogP contribution in [0.5, 0.6) is 0 Å². The first-order valence-electron chi connectivity index (χ1n) is 5.67. The van der Waals surface area contributed by atoms with E-state index in [9.17, 15) is 17.6 Å². The van der Waals surface area contributed by atoms with Crippen molar-refractivity contribution in [3.8, 4) is 0 Å². The Morgan fingerprint density at radius 3 is 2.05 bits per heavy atom. The van der Waals surface area contributed by atoms with E-state index >= 15 is 0 Å². The van der Waals surface area contributed by atoms with Gasteiger partial charge in [0.25, 0.3) is 0 Å². The van der Waals surface area contributed by atoms with Gasteiger partial charge in [-0.15, -0.1) is 0 Å². The number of halogens is 6. The van der Waals surface area contributed by atoms with Crippen molar-refractivity contribution in [1.82, 2.24) is 0 Å². The molecule has 0 radical (unpaired) electrons. The molecule has 116 valence electrons. The molecule has 0 aliphatic heterocycles. The van der Waals surface area contributed by atoms with E-state index in [2.05, 4.69) is 26.6 Å². The van der Waals surface area contributed by atoms with Gasteiger partial charge >= 0.3 is 0 Å².